The predicted octanol–water partition coefficient (Wildman–Crippen LogP) is 4.24. The van der Waals surface area contributed by atoms with Crippen molar-refractivity contribution in [2.45, 2.75) is 26.1 Å². The molecule has 0 saturated carbocycles. The first-order valence-electron chi connectivity index (χ1n) is 10.5. The van der Waals surface area contributed by atoms with Crippen molar-refractivity contribution in [2.24, 2.45) is 0 Å². The molecule has 154 valence electrons. The van der Waals surface area contributed by atoms with Crippen LogP contribution in [0.25, 0.3) is 0 Å². The molecule has 4 nitrogen and oxygen atoms in total. The maximum atomic E-state index is 12.5. The van der Waals surface area contributed by atoms with Gasteiger partial charge in [0.25, 0.3) is 5.91 Å². The Labute approximate surface area is 179 Å². The number of nitrogens with one attached hydrogen (secondary N) is 1. The normalized spacial score (nSPS) is 13.5. The Balaban J connectivity index is 1.30. The van der Waals surface area contributed by atoms with E-state index in [0.717, 1.165) is 37.3 Å². The minimum atomic E-state index is -0.0369. The highest BCUT2D eigenvalue weighted by molar-refractivity contribution is 5.94. The molecule has 0 bridgehead atoms. The first-order chi connectivity index (χ1) is 14.6. The molecule has 0 spiro atoms. The highest BCUT2D eigenvalue weighted by Crippen LogP contribution is 2.20. The number of anilines is 1. The van der Waals surface area contributed by atoms with Gasteiger partial charge in [-0.05, 0) is 52.9 Å². The van der Waals surface area contributed by atoms with E-state index in [1.165, 1.54) is 16.7 Å². The second kappa shape index (κ2) is 9.14. The first-order valence-corrected chi connectivity index (χ1v) is 10.5. The SMILES string of the molecule is CN(C)c1ccc(CNC(=O)c2ccc(CN3CCc4ccccc4C3)cc2)cc1. The van der Waals surface area contributed by atoms with E-state index in [1.54, 1.807) is 0 Å². The zero-order valence-electron chi connectivity index (χ0n) is 17.8. The van der Waals surface area contributed by atoms with E-state index >= 15 is 0 Å². The van der Waals surface area contributed by atoms with Crippen molar-refractivity contribution in [1.29, 1.82) is 0 Å². The van der Waals surface area contributed by atoms with E-state index in [2.05, 4.69) is 75.8 Å². The van der Waals surface area contributed by atoms with E-state index < -0.39 is 0 Å². The van der Waals surface area contributed by atoms with Gasteiger partial charge in [-0.1, -0.05) is 48.5 Å². The van der Waals surface area contributed by atoms with Crippen LogP contribution >= 0.6 is 0 Å². The summed E-state index contributed by atoms with van der Waals surface area (Å²) in [6, 6.07) is 24.9. The standard InChI is InChI=1S/C26H29N3O/c1-28(2)25-13-9-20(10-14-25)17-27-26(30)23-11-7-21(8-12-23)18-29-16-15-22-5-3-4-6-24(22)19-29/h3-14H,15-19H2,1-2H3,(H,27,30). The molecular weight excluding hydrogens is 370 g/mol. The van der Waals surface area contributed by atoms with Crippen molar-refractivity contribution in [3.05, 3.63) is 101 Å². The van der Waals surface area contributed by atoms with Gasteiger partial charge in [0.1, 0.15) is 0 Å². The number of carbonyl (C=O) groups is 1. The van der Waals surface area contributed by atoms with E-state index in [0.29, 0.717) is 12.1 Å². The third-order valence-corrected chi connectivity index (χ3v) is 5.74. The Morgan fingerprint density at radius 2 is 1.57 bits per heavy atom. The van der Waals surface area contributed by atoms with Gasteiger partial charge in [0.15, 0.2) is 0 Å². The number of amides is 1. The molecule has 1 N–H and O–H groups in total. The predicted molar refractivity (Wildman–Crippen MR) is 123 cm³/mol. The Hall–Kier alpha value is -3.11. The summed E-state index contributed by atoms with van der Waals surface area (Å²) < 4.78 is 0. The van der Waals surface area contributed by atoms with Crippen molar-refractivity contribution in [3.63, 3.8) is 0 Å². The van der Waals surface area contributed by atoms with Crippen molar-refractivity contribution < 1.29 is 4.79 Å². The van der Waals surface area contributed by atoms with Crippen LogP contribution in [0.4, 0.5) is 5.69 Å². The van der Waals surface area contributed by atoms with Crippen LogP contribution in [0.2, 0.25) is 0 Å². The molecule has 1 aliphatic rings. The molecular formula is C26H29N3O. The molecule has 1 aliphatic heterocycles. The zero-order chi connectivity index (χ0) is 20.9. The maximum Gasteiger partial charge on any atom is 0.251 e. The summed E-state index contributed by atoms with van der Waals surface area (Å²) in [4.78, 5) is 17.0. The van der Waals surface area contributed by atoms with Crippen molar-refractivity contribution in [1.82, 2.24) is 10.2 Å². The molecule has 0 atom stereocenters. The molecule has 3 aromatic rings. The molecule has 4 heteroatoms. The van der Waals surface area contributed by atoms with E-state index in [4.69, 9.17) is 0 Å². The second-order valence-electron chi connectivity index (χ2n) is 8.17. The van der Waals surface area contributed by atoms with Crippen LogP contribution in [-0.2, 0) is 26.1 Å². The zero-order valence-corrected chi connectivity index (χ0v) is 17.8. The Morgan fingerprint density at radius 1 is 0.900 bits per heavy atom. The quantitative estimate of drug-likeness (QED) is 0.673. The van der Waals surface area contributed by atoms with Crippen LogP contribution in [0.5, 0.6) is 0 Å². The fourth-order valence-corrected chi connectivity index (χ4v) is 3.91. The Kier molecular flexibility index (Phi) is 6.15. The molecule has 3 aromatic carbocycles. The average Bonchev–Trinajstić information content (AvgIpc) is 2.78. The van der Waals surface area contributed by atoms with E-state index in [9.17, 15) is 4.79 Å². The molecule has 0 aromatic heterocycles. The minimum Gasteiger partial charge on any atom is -0.378 e. The lowest BCUT2D eigenvalue weighted by atomic mass is 9.99. The maximum absolute atomic E-state index is 12.5. The highest BCUT2D eigenvalue weighted by Gasteiger charge is 2.16. The number of nitrogens with zero attached hydrogens (tertiary/aromatic N) is 2. The van der Waals surface area contributed by atoms with Gasteiger partial charge >= 0.3 is 0 Å². The fourth-order valence-electron chi connectivity index (χ4n) is 3.91. The lowest BCUT2D eigenvalue weighted by Gasteiger charge is -2.28. The number of benzene rings is 3. The minimum absolute atomic E-state index is 0.0369. The topological polar surface area (TPSA) is 35.6 Å². The van der Waals surface area contributed by atoms with Gasteiger partial charge in [0.2, 0.25) is 0 Å². The number of rotatable bonds is 6. The van der Waals surface area contributed by atoms with Gasteiger partial charge in [-0.3, -0.25) is 9.69 Å². The van der Waals surface area contributed by atoms with Gasteiger partial charge in [0, 0.05) is 51.5 Å². The summed E-state index contributed by atoms with van der Waals surface area (Å²) >= 11 is 0. The monoisotopic (exact) mass is 399 g/mol. The summed E-state index contributed by atoms with van der Waals surface area (Å²) in [6.07, 6.45) is 1.10. The summed E-state index contributed by atoms with van der Waals surface area (Å²) in [5, 5.41) is 3.01. The van der Waals surface area contributed by atoms with Gasteiger partial charge in [0.05, 0.1) is 0 Å². The molecule has 4 rings (SSSR count). The molecule has 0 unspecified atom stereocenters. The molecule has 0 aliphatic carbocycles. The summed E-state index contributed by atoms with van der Waals surface area (Å²) in [5.41, 5.74) is 7.09. The van der Waals surface area contributed by atoms with Gasteiger partial charge < -0.3 is 10.2 Å². The third-order valence-electron chi connectivity index (χ3n) is 5.74. The van der Waals surface area contributed by atoms with Crippen molar-refractivity contribution in [2.75, 3.05) is 25.5 Å². The second-order valence-corrected chi connectivity index (χ2v) is 8.17. The highest BCUT2D eigenvalue weighted by atomic mass is 16.1. The fraction of sp³-hybridized carbons (Fsp3) is 0.269. The molecule has 30 heavy (non-hydrogen) atoms. The number of hydrogen-bond donors (Lipinski definition) is 1. The van der Waals surface area contributed by atoms with Crippen LogP contribution in [-0.4, -0.2) is 31.4 Å². The average molecular weight is 400 g/mol. The summed E-state index contributed by atoms with van der Waals surface area (Å²) in [7, 11) is 4.04. The van der Waals surface area contributed by atoms with Crippen molar-refractivity contribution >= 4 is 11.6 Å². The van der Waals surface area contributed by atoms with Gasteiger partial charge in [-0.25, -0.2) is 0 Å². The molecule has 0 radical (unpaired) electrons. The lowest BCUT2D eigenvalue weighted by molar-refractivity contribution is 0.0951. The summed E-state index contributed by atoms with van der Waals surface area (Å²) in [5.74, 6) is -0.0369. The van der Waals surface area contributed by atoms with E-state index in [-0.39, 0.29) is 5.91 Å². The molecule has 0 fully saturated rings. The molecule has 0 saturated heterocycles. The molecule has 1 amide bonds. The summed E-state index contributed by atoms with van der Waals surface area (Å²) in [6.45, 7) is 3.51. The van der Waals surface area contributed by atoms with Crippen LogP contribution in [0.3, 0.4) is 0 Å². The van der Waals surface area contributed by atoms with E-state index in [1.807, 2.05) is 26.2 Å². The lowest BCUT2D eigenvalue weighted by Crippen LogP contribution is -2.30. The first kappa shape index (κ1) is 20.2. The van der Waals surface area contributed by atoms with Crippen molar-refractivity contribution in [3.8, 4) is 0 Å². The van der Waals surface area contributed by atoms with Crippen LogP contribution in [0.1, 0.15) is 32.6 Å². The van der Waals surface area contributed by atoms with Gasteiger partial charge in [-0.15, -0.1) is 0 Å². The van der Waals surface area contributed by atoms with Crippen LogP contribution in [0.15, 0.2) is 72.8 Å². The van der Waals surface area contributed by atoms with Gasteiger partial charge in [-0.2, -0.15) is 0 Å². The smallest absolute Gasteiger partial charge is 0.251 e. The van der Waals surface area contributed by atoms with Crippen LogP contribution < -0.4 is 10.2 Å². The number of hydrogen-bond acceptors (Lipinski definition) is 3. The molecule has 1 heterocycles. The number of fused-ring (bicyclic) bond motifs is 1. The number of carbonyl (C=O) groups excluding carboxylic acids is 1. The third kappa shape index (κ3) is 4.89. The largest absolute Gasteiger partial charge is 0.378 e. The Bertz CT molecular complexity index is 994. The van der Waals surface area contributed by atoms with Crippen LogP contribution in [0, 0.1) is 0 Å². The Morgan fingerprint density at radius 3 is 2.27 bits per heavy atom.